The molecule has 10 nitrogen and oxygen atoms in total. The topological polar surface area (TPSA) is 128 Å². The van der Waals surface area contributed by atoms with Crippen LogP contribution in [0.3, 0.4) is 0 Å². The van der Waals surface area contributed by atoms with Crippen LogP contribution in [0.15, 0.2) is 30.9 Å². The van der Waals surface area contributed by atoms with Gasteiger partial charge in [0.05, 0.1) is 42.1 Å². The van der Waals surface area contributed by atoms with Gasteiger partial charge < -0.3 is 11.1 Å². The van der Waals surface area contributed by atoms with Crippen molar-refractivity contribution in [1.82, 2.24) is 23.7 Å². The fourth-order valence-electron chi connectivity index (χ4n) is 3.85. The number of sulfonamides is 1. The zero-order valence-electron chi connectivity index (χ0n) is 17.2. The Morgan fingerprint density at radius 2 is 2.03 bits per heavy atom. The molecule has 0 saturated carbocycles. The summed E-state index contributed by atoms with van der Waals surface area (Å²) in [6, 6.07) is 1.32. The third-order valence-corrected chi connectivity index (χ3v) is 6.83. The molecule has 31 heavy (non-hydrogen) atoms. The highest BCUT2D eigenvalue weighted by Crippen LogP contribution is 2.31. The van der Waals surface area contributed by atoms with E-state index in [1.165, 1.54) is 10.5 Å². The number of nitrogens with one attached hydrogen (secondary N) is 1. The van der Waals surface area contributed by atoms with Crippen LogP contribution in [0.1, 0.15) is 17.3 Å². The zero-order chi connectivity index (χ0) is 22.3. The first-order valence-corrected chi connectivity index (χ1v) is 11.7. The van der Waals surface area contributed by atoms with Crippen molar-refractivity contribution >= 4 is 27.1 Å². The predicted molar refractivity (Wildman–Crippen MR) is 114 cm³/mol. The molecule has 0 unspecified atom stereocenters. The van der Waals surface area contributed by atoms with Crippen LogP contribution >= 0.6 is 0 Å². The number of primary amides is 1. The average molecular weight is 450 g/mol. The number of carbonyl (C=O) groups is 1. The van der Waals surface area contributed by atoms with Crippen LogP contribution in [0.2, 0.25) is 0 Å². The van der Waals surface area contributed by atoms with Crippen LogP contribution in [0.25, 0.3) is 16.6 Å². The lowest BCUT2D eigenvalue weighted by Gasteiger charge is -2.21. The molecule has 1 aliphatic rings. The number of alkyl halides is 1. The summed E-state index contributed by atoms with van der Waals surface area (Å²) in [5.74, 6) is -1.24. The maximum absolute atomic E-state index is 13.7. The Bertz CT molecular complexity index is 1240. The van der Waals surface area contributed by atoms with Crippen molar-refractivity contribution in [3.63, 3.8) is 0 Å². The number of fused-ring (bicyclic) bond motifs is 1. The third-order valence-electron chi connectivity index (χ3n) is 5.60. The van der Waals surface area contributed by atoms with Crippen molar-refractivity contribution in [2.75, 3.05) is 31.3 Å². The molecule has 0 aromatic carbocycles. The first-order chi connectivity index (χ1) is 14.7. The van der Waals surface area contributed by atoms with E-state index in [4.69, 9.17) is 5.73 Å². The molecule has 0 spiro atoms. The zero-order valence-corrected chi connectivity index (χ0v) is 18.0. The van der Waals surface area contributed by atoms with E-state index in [2.05, 4.69) is 15.5 Å². The van der Waals surface area contributed by atoms with E-state index in [0.29, 0.717) is 11.2 Å². The van der Waals surface area contributed by atoms with Crippen LogP contribution < -0.4 is 11.1 Å². The summed E-state index contributed by atoms with van der Waals surface area (Å²) in [7, 11) is -3.46. The summed E-state index contributed by atoms with van der Waals surface area (Å²) in [5.41, 5.74) is 8.40. The molecule has 1 saturated heterocycles. The van der Waals surface area contributed by atoms with Crippen molar-refractivity contribution < 1.29 is 17.6 Å². The van der Waals surface area contributed by atoms with Gasteiger partial charge in [-0.2, -0.15) is 14.5 Å². The summed E-state index contributed by atoms with van der Waals surface area (Å²) < 4.78 is 42.2. The minimum Gasteiger partial charge on any atom is -0.378 e. The van der Waals surface area contributed by atoms with Crippen LogP contribution in [-0.2, 0) is 16.6 Å². The van der Waals surface area contributed by atoms with Gasteiger partial charge in [-0.3, -0.25) is 13.9 Å². The second-order valence-electron chi connectivity index (χ2n) is 7.69. The molecule has 3 aromatic heterocycles. The third kappa shape index (κ3) is 4.00. The van der Waals surface area contributed by atoms with Gasteiger partial charge in [0.1, 0.15) is 0 Å². The second-order valence-corrected chi connectivity index (χ2v) is 9.67. The highest BCUT2D eigenvalue weighted by molar-refractivity contribution is 7.88. The molecule has 12 heteroatoms. The lowest BCUT2D eigenvalue weighted by molar-refractivity contribution is 0.100. The van der Waals surface area contributed by atoms with Crippen molar-refractivity contribution in [2.24, 2.45) is 11.7 Å². The molecule has 1 aliphatic heterocycles. The Balaban J connectivity index is 1.76. The van der Waals surface area contributed by atoms with E-state index in [9.17, 15) is 17.6 Å². The number of nitrogens with two attached hydrogens (primary N) is 1. The van der Waals surface area contributed by atoms with E-state index in [1.54, 1.807) is 21.6 Å². The molecule has 4 rings (SSSR count). The molecule has 0 aliphatic carbocycles. The number of nitrogens with zero attached hydrogens (tertiary/aromatic N) is 5. The van der Waals surface area contributed by atoms with Gasteiger partial charge in [-0.05, 0) is 13.0 Å². The summed E-state index contributed by atoms with van der Waals surface area (Å²) in [6.45, 7) is 2.19. The van der Waals surface area contributed by atoms with Gasteiger partial charge in [0.2, 0.25) is 10.0 Å². The number of carbonyl (C=O) groups excluding carboxylic acids is 1. The molecule has 2 atom stereocenters. The Morgan fingerprint density at radius 3 is 2.65 bits per heavy atom. The Kier molecular flexibility index (Phi) is 5.43. The molecule has 0 radical (unpaired) electrons. The number of hydrogen-bond acceptors (Lipinski definition) is 6. The fourth-order valence-corrected chi connectivity index (χ4v) is 4.74. The van der Waals surface area contributed by atoms with Crippen LogP contribution in [-0.4, -0.2) is 70.1 Å². The monoisotopic (exact) mass is 449 g/mol. The van der Waals surface area contributed by atoms with Gasteiger partial charge >= 0.3 is 0 Å². The molecule has 3 N–H and O–H groups in total. The van der Waals surface area contributed by atoms with Gasteiger partial charge in [-0.1, -0.05) is 0 Å². The lowest BCUT2D eigenvalue weighted by atomic mass is 10.0. The van der Waals surface area contributed by atoms with Crippen molar-refractivity contribution in [3.05, 3.63) is 36.4 Å². The number of rotatable bonds is 7. The molecule has 3 aromatic rings. The smallest absolute Gasteiger partial charge is 0.252 e. The van der Waals surface area contributed by atoms with E-state index < -0.39 is 34.6 Å². The van der Waals surface area contributed by atoms with Crippen LogP contribution in [0.5, 0.6) is 0 Å². The molecule has 4 heterocycles. The first-order valence-electron chi connectivity index (χ1n) is 9.83. The summed E-state index contributed by atoms with van der Waals surface area (Å²) in [6.07, 6.45) is 7.88. The minimum atomic E-state index is -3.46. The molecule has 1 amide bonds. The van der Waals surface area contributed by atoms with E-state index in [1.807, 2.05) is 19.2 Å². The number of aromatic nitrogens is 4. The number of hydrogen-bond donors (Lipinski definition) is 2. The molecule has 0 bridgehead atoms. The van der Waals surface area contributed by atoms with E-state index >= 15 is 0 Å². The lowest BCUT2D eigenvalue weighted by Crippen LogP contribution is -2.32. The number of amides is 1. The maximum Gasteiger partial charge on any atom is 0.252 e. The highest BCUT2D eigenvalue weighted by atomic mass is 32.2. The normalized spacial score (nSPS) is 19.8. The SMILES string of the molecule is CCn1cc(-c2cc3c(N[C@@H]4CN(S(C)(=O)=O)C[C@H]4CF)c(C(N)=O)cnn3c2)cn1. The summed E-state index contributed by atoms with van der Waals surface area (Å²) >= 11 is 0. The van der Waals surface area contributed by atoms with Gasteiger partial charge in [-0.25, -0.2) is 12.9 Å². The molecule has 166 valence electrons. The Labute approximate surface area is 178 Å². The van der Waals surface area contributed by atoms with Gasteiger partial charge in [0.25, 0.3) is 5.91 Å². The van der Waals surface area contributed by atoms with Crippen molar-refractivity contribution in [2.45, 2.75) is 19.5 Å². The second kappa shape index (κ2) is 7.93. The Morgan fingerprint density at radius 1 is 1.26 bits per heavy atom. The van der Waals surface area contributed by atoms with E-state index in [0.717, 1.165) is 23.9 Å². The van der Waals surface area contributed by atoms with Crippen LogP contribution in [0, 0.1) is 5.92 Å². The first kappa shape index (κ1) is 21.2. The number of halogens is 1. The quantitative estimate of drug-likeness (QED) is 0.553. The van der Waals surface area contributed by atoms with Gasteiger partial charge in [-0.15, -0.1) is 0 Å². The Hall–Kier alpha value is -2.99. The fraction of sp³-hybridized carbons (Fsp3) is 0.421. The van der Waals surface area contributed by atoms with E-state index in [-0.39, 0.29) is 18.7 Å². The van der Waals surface area contributed by atoms with Gasteiger partial charge in [0.15, 0.2) is 0 Å². The minimum absolute atomic E-state index is 0.0722. The maximum atomic E-state index is 13.7. The van der Waals surface area contributed by atoms with Crippen molar-refractivity contribution in [1.29, 1.82) is 0 Å². The molecular weight excluding hydrogens is 425 g/mol. The average Bonchev–Trinajstić information content (AvgIpc) is 3.44. The predicted octanol–water partition coefficient (Wildman–Crippen LogP) is 0.958. The van der Waals surface area contributed by atoms with Crippen molar-refractivity contribution in [3.8, 4) is 11.1 Å². The number of aryl methyl sites for hydroxylation is 1. The number of anilines is 1. The molecular formula is C19H24FN7O3S. The van der Waals surface area contributed by atoms with Gasteiger partial charge in [0, 0.05) is 55.1 Å². The summed E-state index contributed by atoms with van der Waals surface area (Å²) in [4.78, 5) is 12.1. The van der Waals surface area contributed by atoms with Crippen LogP contribution in [0.4, 0.5) is 10.1 Å². The molecule has 1 fully saturated rings. The standard InChI is InChI=1S/C19H24FN7O3S/c1-3-25-8-14(6-22-25)12-4-17-18(15(19(21)28)7-23-27(17)10-12)24-16-11-26(31(2,29)30)9-13(16)5-20/h4,6-8,10,13,16,24H,3,5,9,11H2,1-2H3,(H2,21,28)/t13-,16-/m1/s1. The largest absolute Gasteiger partial charge is 0.378 e. The summed E-state index contributed by atoms with van der Waals surface area (Å²) in [5, 5.41) is 11.7. The highest BCUT2D eigenvalue weighted by Gasteiger charge is 2.37.